The van der Waals surface area contributed by atoms with Crippen molar-refractivity contribution in [2.24, 2.45) is 4.99 Å². The molecule has 0 spiro atoms. The van der Waals surface area contributed by atoms with Crippen molar-refractivity contribution >= 4 is 46.6 Å². The lowest BCUT2D eigenvalue weighted by molar-refractivity contribution is 0.945. The average molecular weight is 407 g/mol. The van der Waals surface area contributed by atoms with E-state index in [4.69, 9.17) is 40.5 Å². The fraction of sp³-hybridized carbons (Fsp3) is 0.0556. The first-order valence-corrected chi connectivity index (χ1v) is 8.74. The fourth-order valence-corrected chi connectivity index (χ4v) is 2.43. The molecule has 0 aliphatic carbocycles. The van der Waals surface area contributed by atoms with E-state index >= 15 is 0 Å². The second kappa shape index (κ2) is 7.91. The van der Waals surface area contributed by atoms with Crippen LogP contribution in [0.1, 0.15) is 11.1 Å². The molecule has 3 aromatic rings. The van der Waals surface area contributed by atoms with Crippen LogP contribution in [0.15, 0.2) is 69.2 Å². The molecule has 0 amide bonds. The van der Waals surface area contributed by atoms with Gasteiger partial charge in [0.2, 0.25) is 5.95 Å². The number of hydrogen-bond acceptors (Lipinski definition) is 4. The van der Waals surface area contributed by atoms with Crippen LogP contribution >= 0.6 is 34.8 Å². The highest BCUT2D eigenvalue weighted by Gasteiger charge is 2.16. The van der Waals surface area contributed by atoms with Gasteiger partial charge < -0.3 is 5.73 Å². The van der Waals surface area contributed by atoms with Crippen molar-refractivity contribution < 1.29 is 0 Å². The lowest BCUT2D eigenvalue weighted by atomic mass is 10.1. The predicted molar refractivity (Wildman–Crippen MR) is 108 cm³/mol. The van der Waals surface area contributed by atoms with Gasteiger partial charge in [0.05, 0.1) is 0 Å². The van der Waals surface area contributed by atoms with Gasteiger partial charge in [0, 0.05) is 11.1 Å². The van der Waals surface area contributed by atoms with Crippen LogP contribution in [0, 0.1) is 6.92 Å². The third kappa shape index (κ3) is 4.07. The Kier molecular flexibility index (Phi) is 5.61. The number of anilines is 1. The molecule has 3 rings (SSSR count). The van der Waals surface area contributed by atoms with Gasteiger partial charge in [-0.25, -0.2) is 4.99 Å². The molecule has 0 aliphatic heterocycles. The Morgan fingerprint density at radius 1 is 1.00 bits per heavy atom. The van der Waals surface area contributed by atoms with Gasteiger partial charge in [0.1, 0.15) is 4.49 Å². The van der Waals surface area contributed by atoms with E-state index < -0.39 is 0 Å². The Morgan fingerprint density at radius 2 is 1.65 bits per heavy atom. The Bertz CT molecular complexity index is 972. The zero-order valence-corrected chi connectivity index (χ0v) is 16.0. The maximum atomic E-state index is 6.08. The van der Waals surface area contributed by atoms with Gasteiger partial charge in [-0.05, 0) is 6.92 Å². The third-order valence-electron chi connectivity index (χ3n) is 3.53. The van der Waals surface area contributed by atoms with Crippen LogP contribution in [-0.4, -0.2) is 20.6 Å². The van der Waals surface area contributed by atoms with Crippen LogP contribution in [0.4, 0.5) is 5.95 Å². The van der Waals surface area contributed by atoms with E-state index in [1.165, 1.54) is 4.68 Å². The topological polar surface area (TPSA) is 69.1 Å². The molecule has 2 aromatic carbocycles. The third-order valence-corrected chi connectivity index (χ3v) is 4.36. The van der Waals surface area contributed by atoms with Crippen molar-refractivity contribution in [3.63, 3.8) is 0 Å². The van der Waals surface area contributed by atoms with Crippen molar-refractivity contribution in [1.29, 1.82) is 0 Å². The number of nitrogen functional groups attached to an aromatic ring is 1. The minimum Gasteiger partial charge on any atom is -0.368 e. The molecule has 0 unspecified atom stereocenters. The van der Waals surface area contributed by atoms with Gasteiger partial charge in [0.15, 0.2) is 16.8 Å². The van der Waals surface area contributed by atoms with Crippen molar-refractivity contribution in [2.75, 3.05) is 5.73 Å². The van der Waals surface area contributed by atoms with E-state index in [2.05, 4.69) is 15.1 Å². The first-order chi connectivity index (χ1) is 12.5. The first kappa shape index (κ1) is 18.5. The minimum atomic E-state index is -0.154. The highest BCUT2D eigenvalue weighted by atomic mass is 35.5. The number of aromatic nitrogens is 3. The summed E-state index contributed by atoms with van der Waals surface area (Å²) in [6.45, 7) is 1.99. The fourth-order valence-electron chi connectivity index (χ4n) is 2.26. The number of aliphatic imine (C=N–C) groups is 1. The zero-order chi connectivity index (χ0) is 18.7. The Hall–Kier alpha value is -2.34. The standard InChI is InChI=1S/C18H14Cl3N5/c1-11-7-9-13(10-8-11)17(23-15(21)14(19)20)26-18(22)24-16(25-26)12-5-3-2-4-6-12/h2-10H,1H3,(H2,22,24,25)/b23-17-. The van der Waals surface area contributed by atoms with Gasteiger partial charge in [0.25, 0.3) is 0 Å². The largest absolute Gasteiger partial charge is 0.368 e. The van der Waals surface area contributed by atoms with Crippen LogP contribution in [0.25, 0.3) is 11.4 Å². The molecular weight excluding hydrogens is 393 g/mol. The number of rotatable bonds is 3. The van der Waals surface area contributed by atoms with E-state index in [-0.39, 0.29) is 15.6 Å². The Morgan fingerprint density at radius 3 is 2.27 bits per heavy atom. The van der Waals surface area contributed by atoms with E-state index in [1.54, 1.807) is 0 Å². The van der Waals surface area contributed by atoms with Crippen molar-refractivity contribution in [3.05, 3.63) is 75.4 Å². The molecule has 8 heteroatoms. The van der Waals surface area contributed by atoms with E-state index in [9.17, 15) is 0 Å². The zero-order valence-electron chi connectivity index (χ0n) is 13.7. The second-order valence-corrected chi connectivity index (χ2v) is 6.73. The monoisotopic (exact) mass is 405 g/mol. The summed E-state index contributed by atoms with van der Waals surface area (Å²) >= 11 is 17.5. The molecule has 132 valence electrons. The number of benzene rings is 2. The van der Waals surface area contributed by atoms with E-state index in [0.29, 0.717) is 11.7 Å². The Labute approximate surface area is 165 Å². The summed E-state index contributed by atoms with van der Waals surface area (Å²) < 4.78 is 1.25. The Balaban J connectivity index is 2.15. The van der Waals surface area contributed by atoms with Crippen LogP contribution in [0.5, 0.6) is 0 Å². The molecule has 0 aliphatic rings. The molecule has 1 aromatic heterocycles. The molecule has 5 nitrogen and oxygen atoms in total. The summed E-state index contributed by atoms with van der Waals surface area (Å²) in [6, 6.07) is 17.1. The molecule has 1 heterocycles. The number of aryl methyl sites for hydroxylation is 1. The molecule has 0 radical (unpaired) electrons. The van der Waals surface area contributed by atoms with Crippen molar-refractivity contribution in [1.82, 2.24) is 14.8 Å². The molecule has 0 saturated heterocycles. The smallest absolute Gasteiger partial charge is 0.225 e. The summed E-state index contributed by atoms with van der Waals surface area (Å²) in [7, 11) is 0. The molecular formula is C18H14Cl3N5. The second-order valence-electron chi connectivity index (χ2n) is 5.42. The van der Waals surface area contributed by atoms with Crippen molar-refractivity contribution in [2.45, 2.75) is 6.92 Å². The summed E-state index contributed by atoms with van der Waals surface area (Å²) in [5, 5.41) is 4.40. The normalized spacial score (nSPS) is 11.5. The maximum Gasteiger partial charge on any atom is 0.225 e. The summed E-state index contributed by atoms with van der Waals surface area (Å²) in [4.78, 5) is 8.61. The quantitative estimate of drug-likeness (QED) is 0.379. The number of halogens is 3. The number of nitrogens with two attached hydrogens (primary N) is 1. The van der Waals surface area contributed by atoms with Gasteiger partial charge in [-0.1, -0.05) is 95.0 Å². The van der Waals surface area contributed by atoms with Crippen LogP contribution in [0.2, 0.25) is 0 Å². The van der Waals surface area contributed by atoms with Crippen LogP contribution in [0.3, 0.4) is 0 Å². The lowest BCUT2D eigenvalue weighted by Crippen LogP contribution is -2.18. The van der Waals surface area contributed by atoms with E-state index in [0.717, 1.165) is 16.7 Å². The van der Waals surface area contributed by atoms with Gasteiger partial charge in [-0.2, -0.15) is 9.67 Å². The SMILES string of the molecule is Cc1ccc(/C(=N/C(Cl)=C(Cl)Cl)n2nc(-c3ccccc3)nc2N)cc1. The molecule has 0 saturated carbocycles. The minimum absolute atomic E-state index is 0.0694. The van der Waals surface area contributed by atoms with Gasteiger partial charge in [-0.15, -0.1) is 5.10 Å². The molecule has 0 atom stereocenters. The summed E-state index contributed by atoms with van der Waals surface area (Å²) in [5.41, 5.74) is 8.75. The van der Waals surface area contributed by atoms with E-state index in [1.807, 2.05) is 61.5 Å². The molecule has 0 bridgehead atoms. The van der Waals surface area contributed by atoms with Gasteiger partial charge >= 0.3 is 0 Å². The predicted octanol–water partition coefficient (Wildman–Crippen LogP) is 4.97. The highest BCUT2D eigenvalue weighted by molar-refractivity contribution is 6.59. The van der Waals surface area contributed by atoms with Crippen LogP contribution in [-0.2, 0) is 0 Å². The summed E-state index contributed by atoms with van der Waals surface area (Å²) in [5.74, 6) is 0.999. The number of nitrogens with zero attached hydrogens (tertiary/aromatic N) is 4. The molecule has 0 fully saturated rings. The van der Waals surface area contributed by atoms with Gasteiger partial charge in [-0.3, -0.25) is 0 Å². The summed E-state index contributed by atoms with van der Waals surface area (Å²) in [6.07, 6.45) is 0. The highest BCUT2D eigenvalue weighted by Crippen LogP contribution is 2.22. The van der Waals surface area contributed by atoms with Crippen LogP contribution < -0.4 is 5.73 Å². The lowest BCUT2D eigenvalue weighted by Gasteiger charge is -2.08. The first-order valence-electron chi connectivity index (χ1n) is 7.60. The van der Waals surface area contributed by atoms with Crippen molar-refractivity contribution in [3.8, 4) is 11.4 Å². The molecule has 26 heavy (non-hydrogen) atoms. The average Bonchev–Trinajstić information content (AvgIpc) is 3.02. The number of hydrogen-bond donors (Lipinski definition) is 1. The maximum absolute atomic E-state index is 6.08. The molecule has 2 N–H and O–H groups in total.